The summed E-state index contributed by atoms with van der Waals surface area (Å²) in [5.74, 6) is 0.593. The van der Waals surface area contributed by atoms with Gasteiger partial charge in [0.05, 0.1) is 18.8 Å². The largest absolute Gasteiger partial charge is 0.389 e. The molecule has 1 saturated carbocycles. The van der Waals surface area contributed by atoms with Gasteiger partial charge in [-0.2, -0.15) is 0 Å². The van der Waals surface area contributed by atoms with E-state index in [1.54, 1.807) is 0 Å². The molecule has 1 atom stereocenters. The van der Waals surface area contributed by atoms with Crippen molar-refractivity contribution >= 4 is 11.6 Å². The third kappa shape index (κ3) is 4.74. The van der Waals surface area contributed by atoms with E-state index in [-0.39, 0.29) is 6.10 Å². The molecule has 112 valence electrons. The van der Waals surface area contributed by atoms with E-state index in [1.807, 2.05) is 32.0 Å². The van der Waals surface area contributed by atoms with Gasteiger partial charge in [-0.05, 0) is 50.3 Å². The van der Waals surface area contributed by atoms with Crippen LogP contribution >= 0.6 is 11.6 Å². The number of hydrogen-bond acceptors (Lipinski definition) is 3. The van der Waals surface area contributed by atoms with Crippen LogP contribution in [-0.2, 0) is 4.74 Å². The van der Waals surface area contributed by atoms with Crippen molar-refractivity contribution < 1.29 is 9.84 Å². The van der Waals surface area contributed by atoms with Crippen LogP contribution in [0.1, 0.15) is 38.2 Å². The molecule has 1 aromatic rings. The third-order valence-corrected chi connectivity index (χ3v) is 3.96. The molecule has 0 bridgehead atoms. The molecule has 0 radical (unpaired) electrons. The predicted molar refractivity (Wildman–Crippen MR) is 82.3 cm³/mol. The number of rotatable bonds is 7. The van der Waals surface area contributed by atoms with Gasteiger partial charge in [-0.15, -0.1) is 0 Å². The molecule has 3 nitrogen and oxygen atoms in total. The van der Waals surface area contributed by atoms with Crippen molar-refractivity contribution in [1.29, 1.82) is 0 Å². The fraction of sp³-hybridized carbons (Fsp3) is 0.625. The van der Waals surface area contributed by atoms with Gasteiger partial charge in [0.25, 0.3) is 0 Å². The second-order valence-corrected chi connectivity index (χ2v) is 6.30. The average molecular weight is 298 g/mol. The van der Waals surface area contributed by atoms with Gasteiger partial charge in [-0.3, -0.25) is 0 Å². The average Bonchev–Trinajstić information content (AvgIpc) is 2.34. The van der Waals surface area contributed by atoms with Gasteiger partial charge in [0.1, 0.15) is 0 Å². The summed E-state index contributed by atoms with van der Waals surface area (Å²) in [5.41, 5.74) is 1.32. The lowest BCUT2D eigenvalue weighted by Crippen LogP contribution is -2.44. The molecule has 1 aliphatic carbocycles. The zero-order valence-electron chi connectivity index (χ0n) is 12.2. The Morgan fingerprint density at radius 1 is 1.40 bits per heavy atom. The van der Waals surface area contributed by atoms with E-state index >= 15 is 0 Å². The van der Waals surface area contributed by atoms with E-state index in [0.717, 1.165) is 17.9 Å². The Hall–Kier alpha value is -0.610. The summed E-state index contributed by atoms with van der Waals surface area (Å²) in [7, 11) is 0. The topological polar surface area (TPSA) is 41.5 Å². The smallest absolute Gasteiger partial charge is 0.0897 e. The Kier molecular flexibility index (Phi) is 5.85. The molecule has 0 aromatic heterocycles. The maximum atomic E-state index is 9.78. The number of aliphatic hydroxyl groups is 1. The number of hydrogen-bond donors (Lipinski definition) is 2. The van der Waals surface area contributed by atoms with Crippen molar-refractivity contribution in [3.63, 3.8) is 0 Å². The Morgan fingerprint density at radius 2 is 2.15 bits per heavy atom. The van der Waals surface area contributed by atoms with Crippen LogP contribution in [0.3, 0.4) is 0 Å². The molecule has 0 saturated heterocycles. The highest BCUT2D eigenvalue weighted by molar-refractivity contribution is 6.30. The molecule has 2 N–H and O–H groups in total. The van der Waals surface area contributed by atoms with Crippen molar-refractivity contribution in [3.05, 3.63) is 34.9 Å². The van der Waals surface area contributed by atoms with Crippen LogP contribution < -0.4 is 5.32 Å². The summed E-state index contributed by atoms with van der Waals surface area (Å²) in [6.45, 7) is 4.94. The molecule has 0 heterocycles. The second kappa shape index (κ2) is 7.41. The van der Waals surface area contributed by atoms with Crippen molar-refractivity contribution in [2.45, 2.75) is 50.9 Å². The SMILES string of the molecule is CC(C)OCC(O)CNC1CC(c2cccc(Cl)c2)C1. The standard InChI is InChI=1S/C16H24ClNO2/c1-11(2)20-10-16(19)9-18-15-7-13(8-15)12-4-3-5-14(17)6-12/h3-6,11,13,15-16,18-19H,7-10H2,1-2H3. The molecule has 20 heavy (non-hydrogen) atoms. The quantitative estimate of drug-likeness (QED) is 0.813. The van der Waals surface area contributed by atoms with E-state index < -0.39 is 6.10 Å². The molecule has 1 aliphatic rings. The van der Waals surface area contributed by atoms with Crippen LogP contribution in [0.4, 0.5) is 0 Å². The fourth-order valence-electron chi connectivity index (χ4n) is 2.48. The predicted octanol–water partition coefficient (Wildman–Crippen LogP) is 2.96. The van der Waals surface area contributed by atoms with E-state index in [1.165, 1.54) is 5.56 Å². The molecule has 0 amide bonds. The summed E-state index contributed by atoms with van der Waals surface area (Å²) in [4.78, 5) is 0. The molecular formula is C16H24ClNO2. The van der Waals surface area contributed by atoms with Gasteiger partial charge < -0.3 is 15.2 Å². The number of nitrogens with one attached hydrogen (secondary N) is 1. The number of benzene rings is 1. The van der Waals surface area contributed by atoms with Crippen LogP contribution in [0, 0.1) is 0 Å². The van der Waals surface area contributed by atoms with Crippen LogP contribution in [-0.4, -0.2) is 36.5 Å². The van der Waals surface area contributed by atoms with Crippen LogP contribution in [0.25, 0.3) is 0 Å². The van der Waals surface area contributed by atoms with Crippen molar-refractivity contribution in [3.8, 4) is 0 Å². The summed E-state index contributed by atoms with van der Waals surface area (Å²) < 4.78 is 5.39. The lowest BCUT2D eigenvalue weighted by molar-refractivity contribution is 0.00417. The third-order valence-electron chi connectivity index (χ3n) is 3.72. The van der Waals surface area contributed by atoms with Gasteiger partial charge in [-0.1, -0.05) is 23.7 Å². The summed E-state index contributed by atoms with van der Waals surface area (Å²) >= 11 is 6.01. The van der Waals surface area contributed by atoms with Gasteiger partial charge in [0, 0.05) is 17.6 Å². The zero-order valence-corrected chi connectivity index (χ0v) is 12.9. The molecule has 0 aliphatic heterocycles. The van der Waals surface area contributed by atoms with E-state index in [4.69, 9.17) is 16.3 Å². The maximum Gasteiger partial charge on any atom is 0.0897 e. The molecule has 1 unspecified atom stereocenters. The highest BCUT2D eigenvalue weighted by Crippen LogP contribution is 2.37. The number of ether oxygens (including phenoxy) is 1. The Morgan fingerprint density at radius 3 is 2.80 bits per heavy atom. The molecular weight excluding hydrogens is 274 g/mol. The van der Waals surface area contributed by atoms with Gasteiger partial charge in [-0.25, -0.2) is 0 Å². The monoisotopic (exact) mass is 297 g/mol. The molecule has 1 aromatic carbocycles. The van der Waals surface area contributed by atoms with E-state index in [0.29, 0.717) is 25.1 Å². The van der Waals surface area contributed by atoms with Gasteiger partial charge in [0.2, 0.25) is 0 Å². The minimum Gasteiger partial charge on any atom is -0.389 e. The van der Waals surface area contributed by atoms with Crippen LogP contribution in [0.2, 0.25) is 5.02 Å². The van der Waals surface area contributed by atoms with E-state index in [9.17, 15) is 5.11 Å². The summed E-state index contributed by atoms with van der Waals surface area (Å²) in [6.07, 6.45) is 1.96. The first-order valence-electron chi connectivity index (χ1n) is 7.33. The Balaban J connectivity index is 1.64. The molecule has 1 fully saturated rings. The van der Waals surface area contributed by atoms with Gasteiger partial charge >= 0.3 is 0 Å². The minimum absolute atomic E-state index is 0.167. The lowest BCUT2D eigenvalue weighted by atomic mass is 9.76. The molecule has 0 spiro atoms. The minimum atomic E-state index is -0.428. The molecule has 4 heteroatoms. The highest BCUT2D eigenvalue weighted by atomic mass is 35.5. The van der Waals surface area contributed by atoms with Crippen molar-refractivity contribution in [2.24, 2.45) is 0 Å². The summed E-state index contributed by atoms with van der Waals surface area (Å²) in [5, 5.41) is 14.0. The first kappa shape index (κ1) is 15.8. The fourth-order valence-corrected chi connectivity index (χ4v) is 2.68. The van der Waals surface area contributed by atoms with Crippen molar-refractivity contribution in [2.75, 3.05) is 13.2 Å². The maximum absolute atomic E-state index is 9.78. The zero-order chi connectivity index (χ0) is 14.5. The number of aliphatic hydroxyl groups excluding tert-OH is 1. The normalized spacial score (nSPS) is 23.6. The van der Waals surface area contributed by atoms with Gasteiger partial charge in [0.15, 0.2) is 0 Å². The Labute approximate surface area is 126 Å². The number of halogens is 1. The first-order valence-corrected chi connectivity index (χ1v) is 7.71. The highest BCUT2D eigenvalue weighted by Gasteiger charge is 2.30. The molecule has 2 rings (SSSR count). The first-order chi connectivity index (χ1) is 9.54. The second-order valence-electron chi connectivity index (χ2n) is 5.86. The lowest BCUT2D eigenvalue weighted by Gasteiger charge is -2.37. The summed E-state index contributed by atoms with van der Waals surface area (Å²) in [6, 6.07) is 8.59. The Bertz CT molecular complexity index is 419. The van der Waals surface area contributed by atoms with Crippen LogP contribution in [0.15, 0.2) is 24.3 Å². The van der Waals surface area contributed by atoms with E-state index in [2.05, 4.69) is 11.4 Å². The van der Waals surface area contributed by atoms with Crippen molar-refractivity contribution in [1.82, 2.24) is 5.32 Å². The van der Waals surface area contributed by atoms with Crippen LogP contribution in [0.5, 0.6) is 0 Å².